The van der Waals surface area contributed by atoms with Gasteiger partial charge in [-0.15, -0.1) is 0 Å². The lowest BCUT2D eigenvalue weighted by molar-refractivity contribution is -0.131. The van der Waals surface area contributed by atoms with Gasteiger partial charge in [-0.25, -0.2) is 9.59 Å². The van der Waals surface area contributed by atoms with Gasteiger partial charge < -0.3 is 15.2 Å². The first-order valence-electron chi connectivity index (χ1n) is 5.55. The smallest absolute Gasteiger partial charge is 0.328 e. The predicted molar refractivity (Wildman–Crippen MR) is 68.0 cm³/mol. The van der Waals surface area contributed by atoms with Crippen molar-refractivity contribution in [1.82, 2.24) is 15.1 Å². The van der Waals surface area contributed by atoms with E-state index < -0.39 is 17.9 Å². The zero-order valence-electron chi connectivity index (χ0n) is 10.7. The number of hydrogen-bond acceptors (Lipinski definition) is 5. The van der Waals surface area contributed by atoms with E-state index in [1.807, 2.05) is 5.32 Å². The number of aromatic nitrogens is 2. The second-order valence-electron chi connectivity index (χ2n) is 3.60. The lowest BCUT2D eigenvalue weighted by atomic mass is 10.4. The highest BCUT2D eigenvalue weighted by atomic mass is 16.5. The summed E-state index contributed by atoms with van der Waals surface area (Å²) in [4.78, 5) is 32.7. The van der Waals surface area contributed by atoms with Crippen LogP contribution < -0.4 is 10.6 Å². The number of imide groups is 1. The Morgan fingerprint density at radius 3 is 2.85 bits per heavy atom. The van der Waals surface area contributed by atoms with Crippen molar-refractivity contribution >= 4 is 23.6 Å². The highest BCUT2D eigenvalue weighted by Gasteiger charge is 2.07. The molecule has 0 aliphatic rings. The van der Waals surface area contributed by atoms with E-state index in [0.717, 1.165) is 6.08 Å². The van der Waals surface area contributed by atoms with Crippen molar-refractivity contribution < 1.29 is 24.2 Å². The number of carbonyl (C=O) groups is 3. The number of rotatable bonds is 6. The van der Waals surface area contributed by atoms with Crippen molar-refractivity contribution in [1.29, 1.82) is 0 Å². The van der Waals surface area contributed by atoms with Gasteiger partial charge in [0.1, 0.15) is 0 Å². The molecule has 1 aromatic heterocycles. The molecule has 3 amide bonds. The van der Waals surface area contributed by atoms with Crippen molar-refractivity contribution in [2.24, 2.45) is 0 Å². The molecule has 0 atom stereocenters. The predicted octanol–water partition coefficient (Wildman–Crippen LogP) is -0.182. The van der Waals surface area contributed by atoms with E-state index in [0.29, 0.717) is 24.9 Å². The second kappa shape index (κ2) is 7.69. The van der Waals surface area contributed by atoms with Gasteiger partial charge in [0.2, 0.25) is 0 Å². The fourth-order valence-corrected chi connectivity index (χ4v) is 1.20. The van der Waals surface area contributed by atoms with Gasteiger partial charge in [-0.2, -0.15) is 5.10 Å². The second-order valence-corrected chi connectivity index (χ2v) is 3.60. The number of nitrogens with zero attached hydrogens (tertiary/aromatic N) is 2. The molecule has 20 heavy (non-hydrogen) atoms. The molecule has 0 fully saturated rings. The van der Waals surface area contributed by atoms with Crippen molar-refractivity contribution in [3.8, 4) is 0 Å². The molecule has 0 unspecified atom stereocenters. The largest absolute Gasteiger partial charge is 0.478 e. The molecular weight excluding hydrogens is 268 g/mol. The molecule has 0 aromatic carbocycles. The highest BCUT2D eigenvalue weighted by Crippen LogP contribution is 2.04. The van der Waals surface area contributed by atoms with Crippen LogP contribution in [0.2, 0.25) is 0 Å². The minimum absolute atomic E-state index is 0.397. The Morgan fingerprint density at radius 2 is 2.20 bits per heavy atom. The lowest BCUT2D eigenvalue weighted by Gasteiger charge is -2.02. The maximum absolute atomic E-state index is 11.4. The summed E-state index contributed by atoms with van der Waals surface area (Å²) >= 11 is 0. The van der Waals surface area contributed by atoms with E-state index in [2.05, 4.69) is 10.4 Å². The lowest BCUT2D eigenvalue weighted by Crippen LogP contribution is -2.33. The third-order valence-electron chi connectivity index (χ3n) is 2.03. The van der Waals surface area contributed by atoms with Crippen molar-refractivity contribution in [3.05, 3.63) is 24.5 Å². The summed E-state index contributed by atoms with van der Waals surface area (Å²) in [5.41, 5.74) is 0.397. The SMILES string of the molecule is COCCn1cc(NC(=O)NC(=O)C=CC(=O)O)cn1. The Kier molecular flexibility index (Phi) is 5.91. The molecule has 0 spiro atoms. The summed E-state index contributed by atoms with van der Waals surface area (Å²) in [6.07, 6.45) is 4.35. The van der Waals surface area contributed by atoms with E-state index >= 15 is 0 Å². The molecule has 0 aliphatic carbocycles. The Morgan fingerprint density at radius 1 is 1.45 bits per heavy atom. The zero-order chi connectivity index (χ0) is 15.0. The standard InChI is InChI=1S/C11H14N4O5/c1-20-5-4-15-7-8(6-12-15)13-11(19)14-9(16)2-3-10(17)18/h2-3,6-7H,4-5H2,1H3,(H,17,18)(H2,13,14,16,19). The number of aliphatic carboxylic acids is 1. The molecule has 0 saturated carbocycles. The summed E-state index contributed by atoms with van der Waals surface area (Å²) in [5.74, 6) is -2.11. The van der Waals surface area contributed by atoms with Gasteiger partial charge in [-0.3, -0.25) is 14.8 Å². The Hall–Kier alpha value is -2.68. The van der Waals surface area contributed by atoms with Gasteiger partial charge in [0.25, 0.3) is 5.91 Å². The van der Waals surface area contributed by atoms with Crippen LogP contribution in [0.1, 0.15) is 0 Å². The topological polar surface area (TPSA) is 123 Å². The first-order chi connectivity index (χ1) is 9.51. The zero-order valence-corrected chi connectivity index (χ0v) is 10.7. The number of methoxy groups -OCH3 is 1. The van der Waals surface area contributed by atoms with Crippen LogP contribution in [0.3, 0.4) is 0 Å². The molecule has 0 radical (unpaired) electrons. The summed E-state index contributed by atoms with van der Waals surface area (Å²) in [6, 6.07) is -0.781. The van der Waals surface area contributed by atoms with Crippen LogP contribution in [-0.4, -0.2) is 46.5 Å². The fraction of sp³-hybridized carbons (Fsp3) is 0.273. The molecule has 0 aliphatic heterocycles. The molecule has 1 rings (SSSR count). The molecular formula is C11H14N4O5. The maximum atomic E-state index is 11.4. The van der Waals surface area contributed by atoms with Gasteiger partial charge in [0.15, 0.2) is 0 Å². The summed E-state index contributed by atoms with van der Waals surface area (Å²) in [7, 11) is 1.56. The number of carbonyl (C=O) groups excluding carboxylic acids is 2. The van der Waals surface area contributed by atoms with Crippen molar-refractivity contribution in [2.75, 3.05) is 19.0 Å². The molecule has 1 aromatic rings. The van der Waals surface area contributed by atoms with Gasteiger partial charge in [0, 0.05) is 25.5 Å². The minimum atomic E-state index is -1.28. The van der Waals surface area contributed by atoms with E-state index in [1.165, 1.54) is 6.20 Å². The molecule has 0 saturated heterocycles. The van der Waals surface area contributed by atoms with E-state index in [1.54, 1.807) is 18.0 Å². The molecule has 1 heterocycles. The molecule has 3 N–H and O–H groups in total. The summed E-state index contributed by atoms with van der Waals surface area (Å²) in [6.45, 7) is 1.01. The number of carboxylic acids is 1. The Balaban J connectivity index is 2.44. The van der Waals surface area contributed by atoms with Crippen LogP contribution in [-0.2, 0) is 20.9 Å². The van der Waals surface area contributed by atoms with Crippen LogP contribution in [0.5, 0.6) is 0 Å². The molecule has 9 heteroatoms. The average Bonchev–Trinajstić information content (AvgIpc) is 2.81. The van der Waals surface area contributed by atoms with Crippen LogP contribution in [0.15, 0.2) is 24.5 Å². The van der Waals surface area contributed by atoms with Crippen LogP contribution in [0, 0.1) is 0 Å². The van der Waals surface area contributed by atoms with Crippen LogP contribution in [0.4, 0.5) is 10.5 Å². The number of nitrogens with one attached hydrogen (secondary N) is 2. The van der Waals surface area contributed by atoms with Crippen LogP contribution >= 0.6 is 0 Å². The number of ether oxygens (including phenoxy) is 1. The Bertz CT molecular complexity index is 523. The number of anilines is 1. The third-order valence-corrected chi connectivity index (χ3v) is 2.03. The maximum Gasteiger partial charge on any atom is 0.328 e. The van der Waals surface area contributed by atoms with Gasteiger partial charge in [0.05, 0.1) is 25.0 Å². The van der Waals surface area contributed by atoms with E-state index in [4.69, 9.17) is 9.84 Å². The summed E-state index contributed by atoms with van der Waals surface area (Å²) < 4.78 is 6.43. The number of carboxylic acid groups (broad SMARTS) is 1. The molecule has 0 bridgehead atoms. The van der Waals surface area contributed by atoms with E-state index in [9.17, 15) is 14.4 Å². The first kappa shape index (κ1) is 15.4. The molecule has 9 nitrogen and oxygen atoms in total. The van der Waals surface area contributed by atoms with Gasteiger partial charge in [-0.05, 0) is 0 Å². The fourth-order valence-electron chi connectivity index (χ4n) is 1.20. The Labute approximate surface area is 114 Å². The number of urea groups is 1. The van der Waals surface area contributed by atoms with Gasteiger partial charge >= 0.3 is 12.0 Å². The minimum Gasteiger partial charge on any atom is -0.478 e. The average molecular weight is 282 g/mol. The summed E-state index contributed by atoms with van der Waals surface area (Å²) in [5, 5.41) is 16.6. The first-order valence-corrected chi connectivity index (χ1v) is 5.55. The van der Waals surface area contributed by atoms with Gasteiger partial charge in [-0.1, -0.05) is 0 Å². The number of hydrogen-bond donors (Lipinski definition) is 3. The quantitative estimate of drug-likeness (QED) is 0.622. The van der Waals surface area contributed by atoms with Crippen molar-refractivity contribution in [2.45, 2.75) is 6.54 Å². The monoisotopic (exact) mass is 282 g/mol. The molecule has 108 valence electrons. The number of amides is 3. The third kappa shape index (κ3) is 5.78. The normalized spacial score (nSPS) is 10.4. The highest BCUT2D eigenvalue weighted by molar-refractivity contribution is 6.06. The van der Waals surface area contributed by atoms with E-state index in [-0.39, 0.29) is 0 Å². The van der Waals surface area contributed by atoms with Crippen molar-refractivity contribution in [3.63, 3.8) is 0 Å². The van der Waals surface area contributed by atoms with Crippen LogP contribution in [0.25, 0.3) is 0 Å².